The molecule has 0 atom stereocenters. The lowest BCUT2D eigenvalue weighted by Gasteiger charge is -2.36. The van der Waals surface area contributed by atoms with Gasteiger partial charge in [-0.25, -0.2) is 0 Å². The van der Waals surface area contributed by atoms with Crippen molar-refractivity contribution < 1.29 is 19.4 Å². The van der Waals surface area contributed by atoms with Gasteiger partial charge in [-0.15, -0.1) is 0 Å². The summed E-state index contributed by atoms with van der Waals surface area (Å²) in [6.07, 6.45) is 2.77. The van der Waals surface area contributed by atoms with Crippen LogP contribution in [-0.2, 0) is 11.2 Å². The lowest BCUT2D eigenvalue weighted by molar-refractivity contribution is -0.137. The minimum Gasteiger partial charge on any atom is -0.497 e. The number of methoxy groups -OCH3 is 1. The molecule has 6 heteroatoms. The molecule has 1 N–H and O–H groups in total. The Hall–Kier alpha value is -2.73. The number of benzene rings is 2. The first-order valence-electron chi connectivity index (χ1n) is 10.7. The van der Waals surface area contributed by atoms with Crippen LogP contribution < -0.4 is 14.4 Å². The Labute approximate surface area is 179 Å². The predicted molar refractivity (Wildman–Crippen MR) is 119 cm³/mol. The van der Waals surface area contributed by atoms with Crippen LogP contribution in [0, 0.1) is 0 Å². The smallest absolute Gasteiger partial charge is 0.303 e. The Morgan fingerprint density at radius 1 is 0.933 bits per heavy atom. The molecular weight excluding hydrogens is 380 g/mol. The number of rotatable bonds is 11. The normalized spacial score (nSPS) is 14.5. The molecule has 2 aromatic carbocycles. The maximum absolute atomic E-state index is 10.5. The largest absolute Gasteiger partial charge is 0.497 e. The fourth-order valence-electron chi connectivity index (χ4n) is 3.67. The number of aryl methyl sites for hydroxylation is 1. The van der Waals surface area contributed by atoms with Crippen molar-refractivity contribution in [3.05, 3.63) is 54.1 Å². The van der Waals surface area contributed by atoms with Gasteiger partial charge in [0.2, 0.25) is 0 Å². The second-order valence-electron chi connectivity index (χ2n) is 7.62. The van der Waals surface area contributed by atoms with Crippen molar-refractivity contribution >= 4 is 11.7 Å². The number of nitrogens with zero attached hydrogens (tertiary/aromatic N) is 2. The van der Waals surface area contributed by atoms with Gasteiger partial charge in [-0.2, -0.15) is 0 Å². The van der Waals surface area contributed by atoms with Crippen molar-refractivity contribution in [1.82, 2.24) is 4.90 Å². The van der Waals surface area contributed by atoms with Gasteiger partial charge < -0.3 is 19.5 Å². The molecule has 6 nitrogen and oxygen atoms in total. The van der Waals surface area contributed by atoms with Crippen molar-refractivity contribution in [1.29, 1.82) is 0 Å². The first-order chi connectivity index (χ1) is 14.6. The Balaban J connectivity index is 1.32. The fraction of sp³-hybridized carbons (Fsp3) is 0.458. The van der Waals surface area contributed by atoms with Crippen LogP contribution in [0.15, 0.2) is 48.5 Å². The van der Waals surface area contributed by atoms with E-state index in [1.54, 1.807) is 7.11 Å². The average Bonchev–Trinajstić information content (AvgIpc) is 2.78. The topological polar surface area (TPSA) is 62.2 Å². The third-order valence-corrected chi connectivity index (χ3v) is 5.52. The molecule has 1 heterocycles. The van der Waals surface area contributed by atoms with E-state index >= 15 is 0 Å². The SMILES string of the molecule is COc1ccc(N2CCN(CCOc3ccc(CCCCC(=O)O)cc3)CC2)cc1. The third kappa shape index (κ3) is 6.95. The molecule has 3 rings (SSSR count). The van der Waals surface area contributed by atoms with Crippen molar-refractivity contribution in [2.24, 2.45) is 0 Å². The molecule has 0 spiro atoms. The van der Waals surface area contributed by atoms with E-state index in [1.807, 2.05) is 24.3 Å². The molecule has 162 valence electrons. The van der Waals surface area contributed by atoms with Crippen LogP contribution in [0.2, 0.25) is 0 Å². The highest BCUT2D eigenvalue weighted by Gasteiger charge is 2.17. The molecule has 1 aliphatic rings. The van der Waals surface area contributed by atoms with Crippen LogP contribution in [0.5, 0.6) is 11.5 Å². The fourth-order valence-corrected chi connectivity index (χ4v) is 3.67. The number of aliphatic carboxylic acids is 1. The molecule has 1 fully saturated rings. The molecule has 0 saturated carbocycles. The zero-order valence-electron chi connectivity index (χ0n) is 17.8. The van der Waals surface area contributed by atoms with E-state index in [0.717, 1.165) is 63.5 Å². The zero-order valence-corrected chi connectivity index (χ0v) is 17.8. The van der Waals surface area contributed by atoms with Gasteiger partial charge in [-0.3, -0.25) is 9.69 Å². The van der Waals surface area contributed by atoms with Crippen molar-refractivity contribution in [2.75, 3.05) is 51.3 Å². The van der Waals surface area contributed by atoms with E-state index in [4.69, 9.17) is 14.6 Å². The number of hydrogen-bond donors (Lipinski definition) is 1. The number of ether oxygens (including phenoxy) is 2. The molecule has 0 amide bonds. The van der Waals surface area contributed by atoms with Gasteiger partial charge in [-0.05, 0) is 61.2 Å². The predicted octanol–water partition coefficient (Wildman–Crippen LogP) is 3.69. The van der Waals surface area contributed by atoms with E-state index in [0.29, 0.717) is 6.61 Å². The summed E-state index contributed by atoms with van der Waals surface area (Å²) in [4.78, 5) is 15.4. The summed E-state index contributed by atoms with van der Waals surface area (Å²) in [7, 11) is 1.69. The minimum absolute atomic E-state index is 0.246. The average molecular weight is 413 g/mol. The molecule has 2 aromatic rings. The van der Waals surface area contributed by atoms with Gasteiger partial charge >= 0.3 is 5.97 Å². The molecule has 30 heavy (non-hydrogen) atoms. The van der Waals surface area contributed by atoms with Gasteiger partial charge in [-0.1, -0.05) is 12.1 Å². The van der Waals surface area contributed by atoms with Gasteiger partial charge in [0, 0.05) is 44.8 Å². The lowest BCUT2D eigenvalue weighted by atomic mass is 10.1. The van der Waals surface area contributed by atoms with Crippen LogP contribution in [0.25, 0.3) is 0 Å². The van der Waals surface area contributed by atoms with Crippen LogP contribution in [0.1, 0.15) is 24.8 Å². The Kier molecular flexibility index (Phi) is 8.39. The lowest BCUT2D eigenvalue weighted by Crippen LogP contribution is -2.47. The number of hydrogen-bond acceptors (Lipinski definition) is 5. The molecule has 0 aliphatic carbocycles. The second kappa shape index (κ2) is 11.5. The first-order valence-corrected chi connectivity index (χ1v) is 10.7. The number of carboxylic acid groups (broad SMARTS) is 1. The number of carbonyl (C=O) groups is 1. The van der Waals surface area contributed by atoms with Crippen molar-refractivity contribution in [2.45, 2.75) is 25.7 Å². The standard InChI is InChI=1S/C24H32N2O4/c1-29-22-12-8-21(9-13-22)26-16-14-25(15-17-26)18-19-30-23-10-6-20(7-11-23)4-2-3-5-24(27)28/h6-13H,2-5,14-19H2,1H3,(H,27,28). The van der Waals surface area contributed by atoms with Crippen LogP contribution in [0.4, 0.5) is 5.69 Å². The molecule has 1 aliphatic heterocycles. The first kappa shape index (κ1) is 22.0. The molecule has 0 bridgehead atoms. The summed E-state index contributed by atoms with van der Waals surface area (Å²) in [6, 6.07) is 16.4. The maximum atomic E-state index is 10.5. The van der Waals surface area contributed by atoms with Gasteiger partial charge in [0.05, 0.1) is 7.11 Å². The quantitative estimate of drug-likeness (QED) is 0.568. The van der Waals surface area contributed by atoms with E-state index in [9.17, 15) is 4.79 Å². The Bertz CT molecular complexity index is 769. The van der Waals surface area contributed by atoms with E-state index in [-0.39, 0.29) is 6.42 Å². The number of piperazine rings is 1. The molecule has 0 aromatic heterocycles. The van der Waals surface area contributed by atoms with Crippen molar-refractivity contribution in [3.8, 4) is 11.5 Å². The van der Waals surface area contributed by atoms with Gasteiger partial charge in [0.25, 0.3) is 0 Å². The highest BCUT2D eigenvalue weighted by atomic mass is 16.5. The summed E-state index contributed by atoms with van der Waals surface area (Å²) < 4.78 is 11.1. The monoisotopic (exact) mass is 412 g/mol. The summed E-state index contributed by atoms with van der Waals surface area (Å²) in [5, 5.41) is 8.68. The maximum Gasteiger partial charge on any atom is 0.303 e. The Morgan fingerprint density at radius 2 is 1.60 bits per heavy atom. The van der Waals surface area contributed by atoms with Crippen LogP contribution in [-0.4, -0.2) is 62.4 Å². The highest BCUT2D eigenvalue weighted by molar-refractivity contribution is 5.66. The Morgan fingerprint density at radius 3 is 2.23 bits per heavy atom. The number of anilines is 1. The summed E-state index contributed by atoms with van der Waals surface area (Å²) in [5.41, 5.74) is 2.47. The van der Waals surface area contributed by atoms with E-state index in [2.05, 4.69) is 34.1 Å². The summed E-state index contributed by atoms with van der Waals surface area (Å²) >= 11 is 0. The van der Waals surface area contributed by atoms with Gasteiger partial charge in [0.15, 0.2) is 0 Å². The number of unbranched alkanes of at least 4 members (excludes halogenated alkanes) is 1. The van der Waals surface area contributed by atoms with Crippen molar-refractivity contribution in [3.63, 3.8) is 0 Å². The minimum atomic E-state index is -0.721. The van der Waals surface area contributed by atoms with E-state index < -0.39 is 5.97 Å². The molecule has 0 unspecified atom stereocenters. The second-order valence-corrected chi connectivity index (χ2v) is 7.62. The molecule has 0 radical (unpaired) electrons. The van der Waals surface area contributed by atoms with E-state index in [1.165, 1.54) is 11.3 Å². The van der Waals surface area contributed by atoms with Crippen LogP contribution >= 0.6 is 0 Å². The molecule has 1 saturated heterocycles. The summed E-state index contributed by atoms with van der Waals surface area (Å²) in [6.45, 7) is 5.70. The third-order valence-electron chi connectivity index (χ3n) is 5.52. The van der Waals surface area contributed by atoms with Gasteiger partial charge in [0.1, 0.15) is 18.1 Å². The molecular formula is C24H32N2O4. The highest BCUT2D eigenvalue weighted by Crippen LogP contribution is 2.20. The van der Waals surface area contributed by atoms with Crippen LogP contribution in [0.3, 0.4) is 0 Å². The zero-order chi connectivity index (χ0) is 21.2. The number of carboxylic acids is 1. The summed E-state index contributed by atoms with van der Waals surface area (Å²) in [5.74, 6) is 1.06.